The third-order valence-corrected chi connectivity index (χ3v) is 4.40. The maximum Gasteiger partial charge on any atom is 0.127 e. The van der Waals surface area contributed by atoms with Crippen molar-refractivity contribution >= 4 is 5.82 Å². The van der Waals surface area contributed by atoms with Crippen LogP contribution in [0.3, 0.4) is 0 Å². The highest BCUT2D eigenvalue weighted by atomic mass is 15.3. The van der Waals surface area contributed by atoms with Crippen molar-refractivity contribution in [3.05, 3.63) is 59.5 Å². The normalized spacial score (nSPS) is 10.9. The molecule has 0 saturated carbocycles. The molecule has 0 unspecified atom stereocenters. The Morgan fingerprint density at radius 3 is 2.32 bits per heavy atom. The molecular weight excluding hydrogens is 310 g/mol. The second kappa shape index (κ2) is 7.07. The average Bonchev–Trinajstić information content (AvgIpc) is 2.90. The van der Waals surface area contributed by atoms with E-state index in [2.05, 4.69) is 42.2 Å². The largest absolute Gasteiger partial charge is 0.363 e. The molecule has 5 nitrogen and oxygen atoms in total. The van der Waals surface area contributed by atoms with Gasteiger partial charge in [0.15, 0.2) is 0 Å². The summed E-state index contributed by atoms with van der Waals surface area (Å²) >= 11 is 0. The first kappa shape index (κ1) is 17.2. The van der Waals surface area contributed by atoms with Crippen LogP contribution in [0.2, 0.25) is 0 Å². The zero-order chi connectivity index (χ0) is 18.0. The molecule has 0 aliphatic heterocycles. The molecule has 0 aliphatic rings. The molecule has 2 heterocycles. The molecule has 5 heteroatoms. The molecule has 3 rings (SSSR count). The summed E-state index contributed by atoms with van der Waals surface area (Å²) in [5, 5.41) is 4.74. The number of nitrogens with zero attached hydrogens (tertiary/aromatic N) is 4. The Labute approximate surface area is 149 Å². The van der Waals surface area contributed by atoms with E-state index in [-0.39, 0.29) is 0 Å². The van der Waals surface area contributed by atoms with Crippen LogP contribution < -0.4 is 10.6 Å². The van der Waals surface area contributed by atoms with Crippen LogP contribution in [0.15, 0.2) is 42.6 Å². The van der Waals surface area contributed by atoms with Crippen LogP contribution in [0.5, 0.6) is 0 Å². The molecule has 1 aromatic carbocycles. The van der Waals surface area contributed by atoms with Crippen molar-refractivity contribution in [3.8, 4) is 16.8 Å². The van der Waals surface area contributed by atoms with Crippen LogP contribution in [0.25, 0.3) is 16.8 Å². The van der Waals surface area contributed by atoms with Crippen LogP contribution in [0, 0.1) is 13.8 Å². The van der Waals surface area contributed by atoms with Gasteiger partial charge in [-0.2, -0.15) is 5.10 Å². The molecule has 0 bridgehead atoms. The van der Waals surface area contributed by atoms with Gasteiger partial charge in [-0.15, -0.1) is 0 Å². The van der Waals surface area contributed by atoms with Crippen molar-refractivity contribution in [2.24, 2.45) is 5.73 Å². The standard InChI is InChI=1S/C20H25N5/c1-14-20(17-7-10-19(22-13-17)24(3)4)15(2)25(23-14)18-8-5-16(6-9-18)11-12-21/h5-10,13H,11-12,21H2,1-4H3. The van der Waals surface area contributed by atoms with Gasteiger partial charge >= 0.3 is 0 Å². The number of aryl methyl sites for hydroxylation is 1. The number of rotatable bonds is 5. The van der Waals surface area contributed by atoms with E-state index >= 15 is 0 Å². The number of pyridine rings is 1. The third kappa shape index (κ3) is 3.42. The maximum atomic E-state index is 5.62. The highest BCUT2D eigenvalue weighted by Gasteiger charge is 2.15. The van der Waals surface area contributed by atoms with Gasteiger partial charge in [-0.1, -0.05) is 12.1 Å². The van der Waals surface area contributed by atoms with Crippen molar-refractivity contribution in [2.75, 3.05) is 25.5 Å². The SMILES string of the molecule is Cc1nn(-c2ccc(CCN)cc2)c(C)c1-c1ccc(N(C)C)nc1. The fourth-order valence-corrected chi connectivity index (χ4v) is 3.08. The molecule has 2 N–H and O–H groups in total. The molecule has 0 fully saturated rings. The fraction of sp³-hybridized carbons (Fsp3) is 0.300. The molecule has 0 amide bonds. The van der Waals surface area contributed by atoms with E-state index in [1.807, 2.05) is 42.9 Å². The maximum absolute atomic E-state index is 5.62. The lowest BCUT2D eigenvalue weighted by Gasteiger charge is -2.11. The third-order valence-electron chi connectivity index (χ3n) is 4.40. The van der Waals surface area contributed by atoms with E-state index in [0.717, 1.165) is 40.4 Å². The van der Waals surface area contributed by atoms with Crippen molar-refractivity contribution in [1.29, 1.82) is 0 Å². The Morgan fingerprint density at radius 2 is 1.76 bits per heavy atom. The van der Waals surface area contributed by atoms with Crippen LogP contribution in [-0.4, -0.2) is 35.4 Å². The second-order valence-electron chi connectivity index (χ2n) is 6.46. The zero-order valence-electron chi connectivity index (χ0n) is 15.3. The Bertz CT molecular complexity index is 845. The van der Waals surface area contributed by atoms with E-state index in [1.54, 1.807) is 0 Å². The Balaban J connectivity index is 1.98. The van der Waals surface area contributed by atoms with E-state index in [1.165, 1.54) is 5.56 Å². The van der Waals surface area contributed by atoms with Gasteiger partial charge in [0.2, 0.25) is 0 Å². The van der Waals surface area contributed by atoms with Crippen LogP contribution >= 0.6 is 0 Å². The predicted molar refractivity (Wildman–Crippen MR) is 103 cm³/mol. The van der Waals surface area contributed by atoms with Crippen molar-refractivity contribution in [2.45, 2.75) is 20.3 Å². The topological polar surface area (TPSA) is 60.0 Å². The van der Waals surface area contributed by atoms with Gasteiger partial charge in [-0.3, -0.25) is 0 Å². The summed E-state index contributed by atoms with van der Waals surface area (Å²) in [4.78, 5) is 6.52. The van der Waals surface area contributed by atoms with Crippen molar-refractivity contribution < 1.29 is 0 Å². The Kier molecular flexibility index (Phi) is 4.86. The number of nitrogens with two attached hydrogens (primary N) is 1. The number of aromatic nitrogens is 3. The molecule has 0 atom stereocenters. The molecule has 0 spiro atoms. The summed E-state index contributed by atoms with van der Waals surface area (Å²) in [6.07, 6.45) is 2.81. The molecule has 0 radical (unpaired) electrons. The number of anilines is 1. The lowest BCUT2D eigenvalue weighted by molar-refractivity contribution is 0.832. The zero-order valence-corrected chi connectivity index (χ0v) is 15.3. The van der Waals surface area contributed by atoms with Crippen LogP contribution in [0.1, 0.15) is 17.0 Å². The Hall–Kier alpha value is -2.66. The summed E-state index contributed by atoms with van der Waals surface area (Å²) in [6.45, 7) is 4.81. The Morgan fingerprint density at radius 1 is 1.04 bits per heavy atom. The van der Waals surface area contributed by atoms with Gasteiger partial charge in [0.1, 0.15) is 5.82 Å². The molecule has 0 saturated heterocycles. The minimum absolute atomic E-state index is 0.666. The van der Waals surface area contributed by atoms with Gasteiger partial charge in [0, 0.05) is 37.1 Å². The van der Waals surface area contributed by atoms with E-state index < -0.39 is 0 Å². The fourth-order valence-electron chi connectivity index (χ4n) is 3.08. The average molecular weight is 335 g/mol. The van der Waals surface area contributed by atoms with Gasteiger partial charge in [0.25, 0.3) is 0 Å². The van der Waals surface area contributed by atoms with Gasteiger partial charge < -0.3 is 10.6 Å². The van der Waals surface area contributed by atoms with Crippen LogP contribution in [-0.2, 0) is 6.42 Å². The highest BCUT2D eigenvalue weighted by molar-refractivity contribution is 5.69. The summed E-state index contributed by atoms with van der Waals surface area (Å²) in [5.41, 5.74) is 12.3. The van der Waals surface area contributed by atoms with E-state index in [4.69, 9.17) is 10.8 Å². The van der Waals surface area contributed by atoms with Gasteiger partial charge in [-0.05, 0) is 56.6 Å². The van der Waals surface area contributed by atoms with Crippen LogP contribution in [0.4, 0.5) is 5.82 Å². The van der Waals surface area contributed by atoms with Crippen molar-refractivity contribution in [1.82, 2.24) is 14.8 Å². The predicted octanol–water partition coefficient (Wildman–Crippen LogP) is 3.12. The minimum atomic E-state index is 0.666. The number of hydrogen-bond donors (Lipinski definition) is 1. The monoisotopic (exact) mass is 335 g/mol. The van der Waals surface area contributed by atoms with Gasteiger partial charge in [0.05, 0.1) is 11.4 Å². The second-order valence-corrected chi connectivity index (χ2v) is 6.46. The lowest BCUT2D eigenvalue weighted by Crippen LogP contribution is -2.10. The first-order valence-corrected chi connectivity index (χ1v) is 8.50. The summed E-state index contributed by atoms with van der Waals surface area (Å²) in [6, 6.07) is 12.6. The molecule has 25 heavy (non-hydrogen) atoms. The smallest absolute Gasteiger partial charge is 0.127 e. The molecule has 0 aliphatic carbocycles. The minimum Gasteiger partial charge on any atom is -0.363 e. The number of hydrogen-bond acceptors (Lipinski definition) is 4. The van der Waals surface area contributed by atoms with E-state index in [0.29, 0.717) is 6.54 Å². The van der Waals surface area contributed by atoms with E-state index in [9.17, 15) is 0 Å². The summed E-state index contributed by atoms with van der Waals surface area (Å²) in [5.74, 6) is 0.946. The quantitative estimate of drug-likeness (QED) is 0.778. The first-order chi connectivity index (χ1) is 12.0. The summed E-state index contributed by atoms with van der Waals surface area (Å²) in [7, 11) is 3.98. The van der Waals surface area contributed by atoms with Gasteiger partial charge in [-0.25, -0.2) is 9.67 Å². The first-order valence-electron chi connectivity index (χ1n) is 8.50. The highest BCUT2D eigenvalue weighted by Crippen LogP contribution is 2.29. The molecular formula is C20H25N5. The molecule has 3 aromatic rings. The molecule has 2 aromatic heterocycles. The van der Waals surface area contributed by atoms with Crippen molar-refractivity contribution in [3.63, 3.8) is 0 Å². The summed E-state index contributed by atoms with van der Waals surface area (Å²) < 4.78 is 2.00. The lowest BCUT2D eigenvalue weighted by atomic mass is 10.1. The number of benzene rings is 1. The molecule has 130 valence electrons.